The van der Waals surface area contributed by atoms with E-state index in [2.05, 4.69) is 5.92 Å². The molecule has 3 aliphatic rings. The van der Waals surface area contributed by atoms with Crippen LogP contribution in [0.2, 0.25) is 0 Å². The van der Waals surface area contributed by atoms with Gasteiger partial charge >= 0.3 is 0 Å². The predicted octanol–water partition coefficient (Wildman–Crippen LogP) is 0.629. The quantitative estimate of drug-likeness (QED) is 0.607. The molecule has 2 N–H and O–H groups in total. The lowest BCUT2D eigenvalue weighted by molar-refractivity contribution is -0.730. The fraction of sp³-hybridized carbons (Fsp3) is 0.292. The van der Waals surface area contributed by atoms with E-state index < -0.39 is 17.4 Å². The molecular formula is C24H22N3O3+. The number of hydrogen-bond acceptors (Lipinski definition) is 3. The fourth-order valence-electron chi connectivity index (χ4n) is 5.52. The van der Waals surface area contributed by atoms with E-state index in [-0.39, 0.29) is 36.9 Å². The molecule has 30 heavy (non-hydrogen) atoms. The third-order valence-corrected chi connectivity index (χ3v) is 6.70. The first-order valence-electron chi connectivity index (χ1n) is 10.1. The molecule has 0 aliphatic carbocycles. The first-order valence-corrected chi connectivity index (χ1v) is 10.1. The van der Waals surface area contributed by atoms with Crippen molar-refractivity contribution in [1.82, 2.24) is 4.90 Å². The topological polar surface area (TPSA) is 74.3 Å². The van der Waals surface area contributed by atoms with E-state index in [9.17, 15) is 14.4 Å². The molecule has 3 heterocycles. The molecule has 0 unspecified atom stereocenters. The highest BCUT2D eigenvalue weighted by Gasteiger charge is 2.74. The van der Waals surface area contributed by atoms with Crippen LogP contribution in [-0.4, -0.2) is 35.2 Å². The highest BCUT2D eigenvalue weighted by molar-refractivity contribution is 6.14. The summed E-state index contributed by atoms with van der Waals surface area (Å²) in [5.41, 5.74) is 1.24. The molecule has 6 heteroatoms. The highest BCUT2D eigenvalue weighted by atomic mass is 16.2. The predicted molar refractivity (Wildman–Crippen MR) is 110 cm³/mol. The number of rotatable bonds is 3. The summed E-state index contributed by atoms with van der Waals surface area (Å²) < 4.78 is 0. The Bertz CT molecular complexity index is 1110. The number of nitrogens with zero attached hydrogens (tertiary/aromatic N) is 2. The number of imide groups is 1. The summed E-state index contributed by atoms with van der Waals surface area (Å²) in [4.78, 5) is 43.5. The van der Waals surface area contributed by atoms with Crippen LogP contribution in [0, 0.1) is 24.2 Å². The van der Waals surface area contributed by atoms with Gasteiger partial charge < -0.3 is 5.32 Å². The Kier molecular flexibility index (Phi) is 4.05. The molecule has 0 bridgehead atoms. The van der Waals surface area contributed by atoms with Crippen molar-refractivity contribution in [3.63, 3.8) is 0 Å². The zero-order chi connectivity index (χ0) is 21.0. The molecule has 2 aromatic rings. The van der Waals surface area contributed by atoms with Crippen LogP contribution in [0.15, 0.2) is 54.6 Å². The van der Waals surface area contributed by atoms with Gasteiger partial charge in [0.1, 0.15) is 11.8 Å². The van der Waals surface area contributed by atoms with Crippen LogP contribution in [0.3, 0.4) is 0 Å². The first kappa shape index (κ1) is 18.6. The van der Waals surface area contributed by atoms with Gasteiger partial charge in [0.05, 0.1) is 24.8 Å². The summed E-state index contributed by atoms with van der Waals surface area (Å²) in [5.74, 6) is 0.593. The molecule has 3 amide bonds. The number of nitrogens with two attached hydrogens (primary N) is 1. The third kappa shape index (κ3) is 2.27. The lowest BCUT2D eigenvalue weighted by atomic mass is 9.76. The summed E-state index contributed by atoms with van der Waals surface area (Å²) in [7, 11) is 0. The Labute approximate surface area is 174 Å². The van der Waals surface area contributed by atoms with Gasteiger partial charge in [-0.1, -0.05) is 54.5 Å². The lowest BCUT2D eigenvalue weighted by Crippen LogP contribution is -2.98. The molecule has 2 saturated heterocycles. The number of quaternary nitrogens is 1. The molecule has 150 valence electrons. The van der Waals surface area contributed by atoms with Gasteiger partial charge in [0.15, 0.2) is 0 Å². The Hall–Kier alpha value is -3.43. The second-order valence-electron chi connectivity index (χ2n) is 8.26. The molecule has 2 aromatic carbocycles. The Balaban J connectivity index is 1.61. The van der Waals surface area contributed by atoms with Crippen molar-refractivity contribution in [1.29, 1.82) is 0 Å². The van der Waals surface area contributed by atoms with Crippen LogP contribution in [0.4, 0.5) is 5.69 Å². The highest BCUT2D eigenvalue weighted by Crippen LogP contribution is 2.50. The smallest absolute Gasteiger partial charge is 0.295 e. The summed E-state index contributed by atoms with van der Waals surface area (Å²) in [6, 6.07) is 16.7. The van der Waals surface area contributed by atoms with Crippen molar-refractivity contribution in [2.75, 3.05) is 11.4 Å². The zero-order valence-corrected chi connectivity index (χ0v) is 16.6. The van der Waals surface area contributed by atoms with E-state index >= 15 is 0 Å². The van der Waals surface area contributed by atoms with Crippen molar-refractivity contribution >= 4 is 23.4 Å². The molecule has 2 fully saturated rings. The molecule has 4 atom stereocenters. The average molecular weight is 400 g/mol. The van der Waals surface area contributed by atoms with Gasteiger partial charge in [-0.2, -0.15) is 0 Å². The van der Waals surface area contributed by atoms with Crippen molar-refractivity contribution in [3.05, 3.63) is 65.7 Å². The van der Waals surface area contributed by atoms with Gasteiger partial charge in [-0.15, -0.1) is 6.42 Å². The summed E-state index contributed by atoms with van der Waals surface area (Å²) >= 11 is 0. The molecule has 0 aromatic heterocycles. The molecule has 6 nitrogen and oxygen atoms in total. The second kappa shape index (κ2) is 6.54. The maximum Gasteiger partial charge on any atom is 0.295 e. The van der Waals surface area contributed by atoms with Crippen LogP contribution >= 0.6 is 0 Å². The maximum atomic E-state index is 13.7. The molecule has 3 aliphatic heterocycles. The van der Waals surface area contributed by atoms with Crippen LogP contribution in [0.5, 0.6) is 0 Å². The molecule has 1 spiro atoms. The van der Waals surface area contributed by atoms with Crippen LogP contribution in [0.25, 0.3) is 0 Å². The normalized spacial score (nSPS) is 29.5. The Morgan fingerprint density at radius 1 is 1.00 bits per heavy atom. The Morgan fingerprint density at radius 3 is 2.43 bits per heavy atom. The number of terminal acetylenes is 1. The van der Waals surface area contributed by atoms with E-state index in [0.717, 1.165) is 16.8 Å². The SMILES string of the molecule is C#CCN1C(=O)[C@]2([NH2+][C@H](C)[C@@H]3C(=O)N(Cc4ccccc4)C(=O)[C@H]32)c2ccccc21. The van der Waals surface area contributed by atoms with Crippen LogP contribution < -0.4 is 10.2 Å². The number of para-hydroxylation sites is 1. The Morgan fingerprint density at radius 2 is 1.70 bits per heavy atom. The summed E-state index contributed by atoms with van der Waals surface area (Å²) in [6.07, 6.45) is 5.52. The lowest BCUT2D eigenvalue weighted by Gasteiger charge is -2.26. The van der Waals surface area contributed by atoms with Crippen LogP contribution in [0.1, 0.15) is 18.1 Å². The number of benzene rings is 2. The minimum absolute atomic E-state index is 0.132. The van der Waals surface area contributed by atoms with E-state index in [0.29, 0.717) is 0 Å². The van der Waals surface area contributed by atoms with Gasteiger partial charge in [0, 0.05) is 5.56 Å². The number of amides is 3. The summed E-state index contributed by atoms with van der Waals surface area (Å²) in [6.45, 7) is 2.27. The molecule has 0 saturated carbocycles. The number of carbonyl (C=O) groups is 3. The minimum atomic E-state index is -1.14. The fourth-order valence-corrected chi connectivity index (χ4v) is 5.52. The number of likely N-dealkylation sites (tertiary alicyclic amines) is 1. The third-order valence-electron chi connectivity index (χ3n) is 6.70. The van der Waals surface area contributed by atoms with E-state index in [1.165, 1.54) is 4.90 Å². The monoisotopic (exact) mass is 400 g/mol. The van der Waals surface area contributed by atoms with Crippen LogP contribution in [-0.2, 0) is 26.5 Å². The van der Waals surface area contributed by atoms with Crippen molar-refractivity contribution in [2.45, 2.75) is 25.0 Å². The number of fused-ring (bicyclic) bond motifs is 4. The van der Waals surface area contributed by atoms with Gasteiger partial charge in [0.2, 0.25) is 17.4 Å². The largest absolute Gasteiger partial charge is 0.326 e. The zero-order valence-electron chi connectivity index (χ0n) is 16.6. The standard InChI is InChI=1S/C24H21N3O3/c1-3-13-26-18-12-8-7-11-17(18)24(23(26)30)20-19(15(2)25-24)21(28)27(22(20)29)14-16-9-5-4-6-10-16/h1,4-12,15,19-20,25H,13-14H2,2H3/p+1/t15-,19+,20+,24+/m1/s1. The summed E-state index contributed by atoms with van der Waals surface area (Å²) in [5, 5.41) is 1.91. The van der Waals surface area contributed by atoms with Gasteiger partial charge in [0.25, 0.3) is 5.91 Å². The van der Waals surface area contributed by atoms with E-state index in [1.807, 2.05) is 66.8 Å². The molecule has 0 radical (unpaired) electrons. The van der Waals surface area contributed by atoms with E-state index in [4.69, 9.17) is 6.42 Å². The first-order chi connectivity index (χ1) is 14.5. The van der Waals surface area contributed by atoms with E-state index in [1.54, 1.807) is 4.90 Å². The number of anilines is 1. The number of hydrogen-bond donors (Lipinski definition) is 1. The van der Waals surface area contributed by atoms with Crippen molar-refractivity contribution in [2.24, 2.45) is 11.8 Å². The van der Waals surface area contributed by atoms with Gasteiger partial charge in [-0.3, -0.25) is 24.2 Å². The minimum Gasteiger partial charge on any atom is -0.326 e. The average Bonchev–Trinajstić information content (AvgIpc) is 3.29. The second-order valence-corrected chi connectivity index (χ2v) is 8.26. The maximum absolute atomic E-state index is 13.7. The molecular weight excluding hydrogens is 378 g/mol. The van der Waals surface area contributed by atoms with Crippen molar-refractivity contribution in [3.8, 4) is 12.3 Å². The number of carbonyl (C=O) groups excluding carboxylic acids is 3. The molecule has 5 rings (SSSR count). The van der Waals surface area contributed by atoms with Gasteiger partial charge in [-0.05, 0) is 18.6 Å². The van der Waals surface area contributed by atoms with Gasteiger partial charge in [-0.25, -0.2) is 0 Å². The van der Waals surface area contributed by atoms with Crippen molar-refractivity contribution < 1.29 is 19.7 Å².